The van der Waals surface area contributed by atoms with Gasteiger partial charge in [0.25, 0.3) is 0 Å². The normalized spacial score (nSPS) is 26.3. The number of hydrogen-bond donors (Lipinski definition) is 0. The first-order chi connectivity index (χ1) is 8.60. The highest BCUT2D eigenvalue weighted by Gasteiger charge is 2.42. The van der Waals surface area contributed by atoms with Crippen LogP contribution < -0.4 is 0 Å². The largest absolute Gasteiger partial charge is 0.370 e. The first-order valence-corrected chi connectivity index (χ1v) is 8.05. The highest BCUT2D eigenvalue weighted by Crippen LogP contribution is 2.43. The number of rotatable bonds is 2. The second kappa shape index (κ2) is 4.78. The molecule has 1 atom stereocenters. The van der Waals surface area contributed by atoms with E-state index in [2.05, 4.69) is 46.2 Å². The Kier molecular flexibility index (Phi) is 3.43. The quantitative estimate of drug-likeness (QED) is 0.754. The first-order valence-electron chi connectivity index (χ1n) is 6.97. The third kappa shape index (κ3) is 2.22. The second-order valence-corrected chi connectivity index (χ2v) is 6.91. The average molecular weight is 360 g/mol. The molecule has 1 unspecified atom stereocenters. The fraction of sp³-hybridized carbons (Fsp3) is 0.786. The molecule has 2 fully saturated rings. The molecular weight excluding hydrogens is 339 g/mol. The van der Waals surface area contributed by atoms with Gasteiger partial charge in [-0.3, -0.25) is 4.68 Å². The molecule has 100 valence electrons. The van der Waals surface area contributed by atoms with Crippen LogP contribution in [0.5, 0.6) is 0 Å². The lowest BCUT2D eigenvalue weighted by atomic mass is 9.98. The smallest absolute Gasteiger partial charge is 0.0779 e. The van der Waals surface area contributed by atoms with Crippen LogP contribution in [0.4, 0.5) is 0 Å². The number of hydrogen-bond acceptors (Lipinski definition) is 2. The molecule has 3 rings (SSSR count). The molecule has 18 heavy (non-hydrogen) atoms. The maximum absolute atomic E-state index is 6.35. The predicted octanol–water partition coefficient (Wildman–Crippen LogP) is 3.60. The van der Waals surface area contributed by atoms with Crippen LogP contribution in [0.2, 0.25) is 0 Å². The lowest BCUT2D eigenvalue weighted by Gasteiger charge is -2.24. The van der Waals surface area contributed by atoms with Crippen LogP contribution in [0.1, 0.15) is 49.9 Å². The van der Waals surface area contributed by atoms with Crippen LogP contribution in [-0.2, 0) is 11.3 Å². The van der Waals surface area contributed by atoms with Crippen molar-refractivity contribution in [3.8, 4) is 0 Å². The van der Waals surface area contributed by atoms with E-state index in [1.165, 1.54) is 47.8 Å². The molecule has 3 nitrogen and oxygen atoms in total. The minimum atomic E-state index is 0.244. The van der Waals surface area contributed by atoms with Gasteiger partial charge in [0.1, 0.15) is 0 Å². The number of halogens is 1. The Hall–Kier alpha value is -0.100. The molecule has 0 amide bonds. The van der Waals surface area contributed by atoms with Crippen LogP contribution in [-0.4, -0.2) is 21.5 Å². The van der Waals surface area contributed by atoms with E-state index in [1.54, 1.807) is 0 Å². The molecule has 0 aromatic carbocycles. The molecule has 1 aliphatic heterocycles. The second-order valence-electron chi connectivity index (χ2n) is 5.84. The Morgan fingerprint density at radius 1 is 1.33 bits per heavy atom. The van der Waals surface area contributed by atoms with Crippen molar-refractivity contribution in [3.05, 3.63) is 15.0 Å². The van der Waals surface area contributed by atoms with Gasteiger partial charge >= 0.3 is 0 Å². The predicted molar refractivity (Wildman–Crippen MR) is 79.7 cm³/mol. The van der Waals surface area contributed by atoms with Gasteiger partial charge in [-0.05, 0) is 62.1 Å². The van der Waals surface area contributed by atoms with Gasteiger partial charge in [-0.15, -0.1) is 0 Å². The average Bonchev–Trinajstić information content (AvgIpc) is 3.02. The molecule has 0 N–H and O–H groups in total. The lowest BCUT2D eigenvalue weighted by Crippen LogP contribution is -2.27. The zero-order valence-corrected chi connectivity index (χ0v) is 13.4. The Morgan fingerprint density at radius 2 is 2.06 bits per heavy atom. The summed E-state index contributed by atoms with van der Waals surface area (Å²) in [7, 11) is 0. The Bertz CT molecular complexity index is 449. The zero-order valence-electron chi connectivity index (χ0n) is 11.2. The van der Waals surface area contributed by atoms with Crippen LogP contribution in [0.15, 0.2) is 0 Å². The van der Waals surface area contributed by atoms with E-state index >= 15 is 0 Å². The Labute approximate surface area is 122 Å². The zero-order chi connectivity index (χ0) is 12.8. The fourth-order valence-corrected chi connectivity index (χ4v) is 3.84. The highest BCUT2D eigenvalue weighted by atomic mass is 127. The van der Waals surface area contributed by atoms with Gasteiger partial charge in [0.15, 0.2) is 0 Å². The SMILES string of the molecule is Cc1nn(CC2CCC3(CCCC3)O2)c(C)c1I. The van der Waals surface area contributed by atoms with Gasteiger partial charge in [0.05, 0.1) is 27.5 Å². The molecule has 1 saturated carbocycles. The molecule has 0 radical (unpaired) electrons. The van der Waals surface area contributed by atoms with E-state index in [4.69, 9.17) is 4.74 Å². The summed E-state index contributed by atoms with van der Waals surface area (Å²) in [4.78, 5) is 0. The molecule has 1 saturated heterocycles. The lowest BCUT2D eigenvalue weighted by molar-refractivity contribution is -0.0431. The molecular formula is C14H21IN2O. The summed E-state index contributed by atoms with van der Waals surface area (Å²) >= 11 is 2.38. The molecule has 2 aliphatic rings. The number of aryl methyl sites for hydroxylation is 1. The van der Waals surface area contributed by atoms with Crippen molar-refractivity contribution < 1.29 is 4.74 Å². The maximum Gasteiger partial charge on any atom is 0.0779 e. The standard InChI is InChI=1S/C14H21IN2O/c1-10-13(15)11(2)17(16-10)9-12-5-8-14(18-12)6-3-4-7-14/h12H,3-9H2,1-2H3. The van der Waals surface area contributed by atoms with E-state index in [-0.39, 0.29) is 5.60 Å². The van der Waals surface area contributed by atoms with E-state index in [9.17, 15) is 0 Å². The van der Waals surface area contributed by atoms with Crippen molar-refractivity contribution in [3.63, 3.8) is 0 Å². The fourth-order valence-electron chi connectivity index (χ4n) is 3.46. The summed E-state index contributed by atoms with van der Waals surface area (Å²) in [6.07, 6.45) is 8.09. The molecule has 2 heterocycles. The van der Waals surface area contributed by atoms with Crippen molar-refractivity contribution in [1.82, 2.24) is 9.78 Å². The molecule has 1 spiro atoms. The van der Waals surface area contributed by atoms with E-state index in [0.29, 0.717) is 6.10 Å². The number of aromatic nitrogens is 2. The first kappa shape index (κ1) is 12.9. The number of ether oxygens (including phenoxy) is 1. The van der Waals surface area contributed by atoms with E-state index < -0.39 is 0 Å². The van der Waals surface area contributed by atoms with Gasteiger partial charge in [-0.1, -0.05) is 12.8 Å². The molecule has 1 aromatic rings. The van der Waals surface area contributed by atoms with Gasteiger partial charge in [-0.2, -0.15) is 5.10 Å². The molecule has 1 aromatic heterocycles. The van der Waals surface area contributed by atoms with Crippen molar-refractivity contribution in [2.45, 2.75) is 70.6 Å². The third-order valence-electron chi connectivity index (χ3n) is 4.52. The summed E-state index contributed by atoms with van der Waals surface area (Å²) in [5, 5.41) is 4.62. The summed E-state index contributed by atoms with van der Waals surface area (Å²) < 4.78 is 9.78. The third-order valence-corrected chi connectivity index (χ3v) is 6.08. The van der Waals surface area contributed by atoms with Gasteiger partial charge in [-0.25, -0.2) is 0 Å². The van der Waals surface area contributed by atoms with Crippen molar-refractivity contribution in [2.75, 3.05) is 0 Å². The van der Waals surface area contributed by atoms with Crippen molar-refractivity contribution in [2.24, 2.45) is 0 Å². The molecule has 0 bridgehead atoms. The summed E-state index contributed by atoms with van der Waals surface area (Å²) in [5.41, 5.74) is 2.67. The molecule has 1 aliphatic carbocycles. The van der Waals surface area contributed by atoms with Gasteiger partial charge < -0.3 is 4.74 Å². The minimum Gasteiger partial charge on any atom is -0.370 e. The topological polar surface area (TPSA) is 27.1 Å². The van der Waals surface area contributed by atoms with Crippen LogP contribution >= 0.6 is 22.6 Å². The van der Waals surface area contributed by atoms with Crippen molar-refractivity contribution >= 4 is 22.6 Å². The Balaban J connectivity index is 1.69. The van der Waals surface area contributed by atoms with Gasteiger partial charge in [0.2, 0.25) is 0 Å². The molecule has 4 heteroatoms. The van der Waals surface area contributed by atoms with Crippen LogP contribution in [0.25, 0.3) is 0 Å². The van der Waals surface area contributed by atoms with Gasteiger partial charge in [0, 0.05) is 5.69 Å². The summed E-state index contributed by atoms with van der Waals surface area (Å²) in [6, 6.07) is 0. The number of nitrogens with zero attached hydrogens (tertiary/aromatic N) is 2. The maximum atomic E-state index is 6.35. The Morgan fingerprint density at radius 3 is 2.67 bits per heavy atom. The van der Waals surface area contributed by atoms with Crippen molar-refractivity contribution in [1.29, 1.82) is 0 Å². The summed E-state index contributed by atoms with van der Waals surface area (Å²) in [6.45, 7) is 5.17. The minimum absolute atomic E-state index is 0.244. The van der Waals surface area contributed by atoms with E-state index in [0.717, 1.165) is 12.2 Å². The highest BCUT2D eigenvalue weighted by molar-refractivity contribution is 14.1. The van der Waals surface area contributed by atoms with E-state index in [1.807, 2.05) is 0 Å². The van der Waals surface area contributed by atoms with Crippen LogP contribution in [0.3, 0.4) is 0 Å². The monoisotopic (exact) mass is 360 g/mol. The van der Waals surface area contributed by atoms with Crippen LogP contribution in [0, 0.1) is 17.4 Å². The summed E-state index contributed by atoms with van der Waals surface area (Å²) in [5.74, 6) is 0.